The molecular weight excluding hydrogens is 338 g/mol. The number of nitrogens with zero attached hydrogens (tertiary/aromatic N) is 3. The van der Waals surface area contributed by atoms with Crippen LogP contribution in [0.4, 0.5) is 0 Å². The second kappa shape index (κ2) is 8.15. The number of amides is 2. The van der Waals surface area contributed by atoms with Crippen molar-refractivity contribution in [2.75, 3.05) is 12.3 Å². The predicted octanol–water partition coefficient (Wildman–Crippen LogP) is 1.09. The van der Waals surface area contributed by atoms with Gasteiger partial charge in [-0.1, -0.05) is 42.1 Å². The summed E-state index contributed by atoms with van der Waals surface area (Å²) in [5.41, 5.74) is 6.50. The van der Waals surface area contributed by atoms with Gasteiger partial charge < -0.3 is 11.1 Å². The molecule has 7 nitrogen and oxygen atoms in total. The molecule has 3 rings (SSSR count). The van der Waals surface area contributed by atoms with E-state index >= 15 is 0 Å². The molecule has 1 aliphatic rings. The molecule has 1 aliphatic carbocycles. The summed E-state index contributed by atoms with van der Waals surface area (Å²) < 4.78 is 1.74. The number of nitrogens with one attached hydrogen (secondary N) is 1. The molecule has 1 aromatic carbocycles. The third-order valence-electron chi connectivity index (χ3n) is 3.91. The van der Waals surface area contributed by atoms with Crippen LogP contribution in [-0.4, -0.2) is 38.9 Å². The average Bonchev–Trinajstić information content (AvgIpc) is 3.36. The summed E-state index contributed by atoms with van der Waals surface area (Å²) in [7, 11) is 0. The lowest BCUT2D eigenvalue weighted by Crippen LogP contribution is -2.27. The first-order valence-electron chi connectivity index (χ1n) is 8.28. The van der Waals surface area contributed by atoms with Crippen LogP contribution < -0.4 is 11.1 Å². The lowest BCUT2D eigenvalue weighted by Gasteiger charge is -2.08. The van der Waals surface area contributed by atoms with Gasteiger partial charge in [-0.3, -0.25) is 14.2 Å². The number of nitrogens with two attached hydrogens (primary N) is 1. The number of primary amides is 1. The van der Waals surface area contributed by atoms with Crippen molar-refractivity contribution in [2.45, 2.75) is 36.9 Å². The Morgan fingerprint density at radius 1 is 1.24 bits per heavy atom. The van der Waals surface area contributed by atoms with Crippen LogP contribution >= 0.6 is 11.8 Å². The van der Waals surface area contributed by atoms with Gasteiger partial charge in [0.05, 0.1) is 5.75 Å². The van der Waals surface area contributed by atoms with Gasteiger partial charge in [0.2, 0.25) is 11.8 Å². The molecule has 0 atom stereocenters. The topological polar surface area (TPSA) is 103 Å². The second-order valence-electron chi connectivity index (χ2n) is 6.04. The zero-order chi connectivity index (χ0) is 17.6. The van der Waals surface area contributed by atoms with Crippen LogP contribution in [-0.2, 0) is 22.6 Å². The highest BCUT2D eigenvalue weighted by molar-refractivity contribution is 7.99. The number of rotatable bonds is 9. The van der Waals surface area contributed by atoms with E-state index in [1.165, 1.54) is 17.3 Å². The molecule has 1 aromatic heterocycles. The van der Waals surface area contributed by atoms with Crippen molar-refractivity contribution in [1.29, 1.82) is 0 Å². The maximum absolute atomic E-state index is 12.0. The standard InChI is InChI=1S/C17H21N5O2S/c18-14(23)10-22-16(13-6-7-13)20-21-17(22)25-11-15(24)19-9-8-12-4-2-1-3-5-12/h1-5,13H,6-11H2,(H2,18,23)(H,19,24). The molecule has 0 spiro atoms. The molecule has 2 amide bonds. The Hall–Kier alpha value is -2.35. The second-order valence-corrected chi connectivity index (χ2v) is 6.98. The quantitative estimate of drug-likeness (QED) is 0.653. The van der Waals surface area contributed by atoms with E-state index in [0.717, 1.165) is 25.1 Å². The largest absolute Gasteiger partial charge is 0.368 e. The van der Waals surface area contributed by atoms with Crippen molar-refractivity contribution in [3.05, 3.63) is 41.7 Å². The Morgan fingerprint density at radius 2 is 2.00 bits per heavy atom. The van der Waals surface area contributed by atoms with E-state index in [-0.39, 0.29) is 18.2 Å². The Bertz CT molecular complexity index is 743. The van der Waals surface area contributed by atoms with Gasteiger partial charge in [-0.2, -0.15) is 0 Å². The summed E-state index contributed by atoms with van der Waals surface area (Å²) in [6, 6.07) is 10.0. The maximum Gasteiger partial charge on any atom is 0.237 e. The van der Waals surface area contributed by atoms with Gasteiger partial charge in [0.15, 0.2) is 5.16 Å². The van der Waals surface area contributed by atoms with Crippen LogP contribution in [0.15, 0.2) is 35.5 Å². The van der Waals surface area contributed by atoms with Crippen LogP contribution in [0.1, 0.15) is 30.1 Å². The highest BCUT2D eigenvalue weighted by Gasteiger charge is 2.30. The third kappa shape index (κ3) is 5.06. The Morgan fingerprint density at radius 3 is 2.68 bits per heavy atom. The Balaban J connectivity index is 1.49. The first-order valence-corrected chi connectivity index (χ1v) is 9.27. The van der Waals surface area contributed by atoms with E-state index in [1.54, 1.807) is 4.57 Å². The number of thioether (sulfide) groups is 1. The van der Waals surface area contributed by atoms with Gasteiger partial charge in [0.1, 0.15) is 12.4 Å². The van der Waals surface area contributed by atoms with Crippen molar-refractivity contribution >= 4 is 23.6 Å². The molecular formula is C17H21N5O2S. The van der Waals surface area contributed by atoms with Crippen LogP contribution in [0, 0.1) is 0 Å². The predicted molar refractivity (Wildman–Crippen MR) is 95.1 cm³/mol. The normalized spacial score (nSPS) is 13.6. The molecule has 2 aromatic rings. The van der Waals surface area contributed by atoms with E-state index in [1.807, 2.05) is 30.3 Å². The summed E-state index contributed by atoms with van der Waals surface area (Å²) in [5, 5.41) is 11.7. The molecule has 1 saturated carbocycles. The fourth-order valence-corrected chi connectivity index (χ4v) is 3.30. The fourth-order valence-electron chi connectivity index (χ4n) is 2.53. The van der Waals surface area contributed by atoms with E-state index in [0.29, 0.717) is 17.6 Å². The molecule has 0 aliphatic heterocycles. The first-order chi connectivity index (χ1) is 12.1. The highest BCUT2D eigenvalue weighted by Crippen LogP contribution is 2.39. The molecule has 0 radical (unpaired) electrons. The van der Waals surface area contributed by atoms with E-state index in [4.69, 9.17) is 5.73 Å². The van der Waals surface area contributed by atoms with Crippen LogP contribution in [0.2, 0.25) is 0 Å². The number of hydrogen-bond donors (Lipinski definition) is 2. The molecule has 132 valence electrons. The minimum Gasteiger partial charge on any atom is -0.368 e. The third-order valence-corrected chi connectivity index (χ3v) is 4.88. The van der Waals surface area contributed by atoms with E-state index in [2.05, 4.69) is 15.5 Å². The molecule has 1 heterocycles. The lowest BCUT2D eigenvalue weighted by atomic mass is 10.1. The Kier molecular flexibility index (Phi) is 5.70. The van der Waals surface area contributed by atoms with Gasteiger partial charge in [-0.05, 0) is 24.8 Å². The first kappa shape index (κ1) is 17.5. The van der Waals surface area contributed by atoms with Crippen LogP contribution in [0.25, 0.3) is 0 Å². The van der Waals surface area contributed by atoms with Gasteiger partial charge in [-0.25, -0.2) is 0 Å². The monoisotopic (exact) mass is 359 g/mol. The van der Waals surface area contributed by atoms with Gasteiger partial charge in [0.25, 0.3) is 0 Å². The van der Waals surface area contributed by atoms with Crippen LogP contribution in [0.3, 0.4) is 0 Å². The SMILES string of the molecule is NC(=O)Cn1c(SCC(=O)NCCc2ccccc2)nnc1C1CC1. The minimum atomic E-state index is -0.434. The van der Waals surface area contributed by atoms with Gasteiger partial charge >= 0.3 is 0 Å². The average molecular weight is 359 g/mol. The number of aromatic nitrogens is 3. The zero-order valence-electron chi connectivity index (χ0n) is 13.9. The molecule has 25 heavy (non-hydrogen) atoms. The smallest absolute Gasteiger partial charge is 0.237 e. The highest BCUT2D eigenvalue weighted by atomic mass is 32.2. The van der Waals surface area contributed by atoms with E-state index in [9.17, 15) is 9.59 Å². The fraction of sp³-hybridized carbons (Fsp3) is 0.412. The number of carbonyl (C=O) groups is 2. The lowest BCUT2D eigenvalue weighted by molar-refractivity contribution is -0.119. The molecule has 1 fully saturated rings. The minimum absolute atomic E-state index is 0.0524. The van der Waals surface area contributed by atoms with Crippen molar-refractivity contribution in [3.8, 4) is 0 Å². The maximum atomic E-state index is 12.0. The number of benzene rings is 1. The van der Waals surface area contributed by atoms with Gasteiger partial charge in [0, 0.05) is 12.5 Å². The van der Waals surface area contributed by atoms with Crippen molar-refractivity contribution in [1.82, 2.24) is 20.1 Å². The zero-order valence-corrected chi connectivity index (χ0v) is 14.7. The van der Waals surface area contributed by atoms with E-state index < -0.39 is 5.91 Å². The summed E-state index contributed by atoms with van der Waals surface area (Å²) in [4.78, 5) is 23.3. The van der Waals surface area contributed by atoms with Crippen molar-refractivity contribution < 1.29 is 9.59 Å². The van der Waals surface area contributed by atoms with Crippen LogP contribution in [0.5, 0.6) is 0 Å². The molecule has 0 unspecified atom stereocenters. The van der Waals surface area contributed by atoms with Crippen molar-refractivity contribution in [2.24, 2.45) is 5.73 Å². The Labute approximate surface area is 150 Å². The summed E-state index contributed by atoms with van der Waals surface area (Å²) in [5.74, 6) is 0.890. The van der Waals surface area contributed by atoms with Gasteiger partial charge in [-0.15, -0.1) is 10.2 Å². The van der Waals surface area contributed by atoms with Crippen molar-refractivity contribution in [3.63, 3.8) is 0 Å². The molecule has 0 saturated heterocycles. The molecule has 3 N–H and O–H groups in total. The summed E-state index contributed by atoms with van der Waals surface area (Å²) >= 11 is 1.28. The number of carbonyl (C=O) groups excluding carboxylic acids is 2. The number of hydrogen-bond acceptors (Lipinski definition) is 5. The summed E-state index contributed by atoms with van der Waals surface area (Å²) in [6.07, 6.45) is 2.91. The molecule has 8 heteroatoms. The summed E-state index contributed by atoms with van der Waals surface area (Å²) in [6.45, 7) is 0.640. The molecule has 0 bridgehead atoms.